The summed E-state index contributed by atoms with van der Waals surface area (Å²) < 4.78 is 23.0. The van der Waals surface area contributed by atoms with E-state index in [1.165, 1.54) is 12.1 Å². The molecule has 0 saturated heterocycles. The average Bonchev–Trinajstić information content (AvgIpc) is 2.81. The van der Waals surface area contributed by atoms with E-state index in [0.29, 0.717) is 16.9 Å². The van der Waals surface area contributed by atoms with Gasteiger partial charge in [0.15, 0.2) is 9.84 Å². The zero-order chi connectivity index (χ0) is 14.3. The Balaban J connectivity index is 2.16. The van der Waals surface area contributed by atoms with Crippen LogP contribution in [0.25, 0.3) is 22.4 Å². The predicted octanol–water partition coefficient (Wildman–Crippen LogP) is 1.32. The SMILES string of the molecule is CS(=O)(=O)c1ccc2nc(-c3ccc(=O)[nH]c3)[nH]c2c1. The highest BCUT2D eigenvalue weighted by Crippen LogP contribution is 2.21. The maximum Gasteiger partial charge on any atom is 0.247 e. The lowest BCUT2D eigenvalue weighted by atomic mass is 10.3. The summed E-state index contributed by atoms with van der Waals surface area (Å²) in [4.78, 5) is 21.2. The van der Waals surface area contributed by atoms with E-state index in [4.69, 9.17) is 0 Å². The van der Waals surface area contributed by atoms with Crippen LogP contribution in [0.15, 0.2) is 46.2 Å². The largest absolute Gasteiger partial charge is 0.338 e. The number of benzene rings is 1. The molecule has 2 N–H and O–H groups in total. The van der Waals surface area contributed by atoms with Crippen LogP contribution in [0.1, 0.15) is 0 Å². The highest BCUT2D eigenvalue weighted by Gasteiger charge is 2.10. The van der Waals surface area contributed by atoms with Gasteiger partial charge in [-0.05, 0) is 24.3 Å². The first kappa shape index (κ1) is 12.6. The van der Waals surface area contributed by atoms with Crippen LogP contribution >= 0.6 is 0 Å². The molecule has 2 aromatic heterocycles. The van der Waals surface area contributed by atoms with Crippen LogP contribution in [0.4, 0.5) is 0 Å². The first-order valence-corrected chi connectivity index (χ1v) is 7.71. The Labute approximate surface area is 114 Å². The standard InChI is InChI=1S/C13H11N3O3S/c1-20(18,19)9-3-4-10-11(6-9)16-13(15-10)8-2-5-12(17)14-7-8/h2-7H,1H3,(H,14,17)(H,15,16). The molecular weight excluding hydrogens is 278 g/mol. The smallest absolute Gasteiger partial charge is 0.247 e. The van der Waals surface area contributed by atoms with Crippen molar-refractivity contribution in [1.82, 2.24) is 15.0 Å². The summed E-state index contributed by atoms with van der Waals surface area (Å²) in [6.07, 6.45) is 2.71. The quantitative estimate of drug-likeness (QED) is 0.743. The maximum atomic E-state index is 11.5. The molecule has 3 rings (SSSR count). The average molecular weight is 289 g/mol. The second kappa shape index (κ2) is 4.31. The number of aromatic nitrogens is 3. The van der Waals surface area contributed by atoms with Gasteiger partial charge in [-0.25, -0.2) is 13.4 Å². The molecule has 3 aromatic rings. The van der Waals surface area contributed by atoms with E-state index >= 15 is 0 Å². The highest BCUT2D eigenvalue weighted by molar-refractivity contribution is 7.90. The Morgan fingerprint density at radius 2 is 1.95 bits per heavy atom. The molecule has 0 unspecified atom stereocenters. The molecule has 0 spiro atoms. The zero-order valence-electron chi connectivity index (χ0n) is 10.5. The molecular formula is C13H11N3O3S. The third-order valence-corrected chi connectivity index (χ3v) is 4.05. The molecule has 0 amide bonds. The molecule has 20 heavy (non-hydrogen) atoms. The van der Waals surface area contributed by atoms with E-state index in [2.05, 4.69) is 15.0 Å². The lowest BCUT2D eigenvalue weighted by Crippen LogP contribution is -2.01. The fourth-order valence-corrected chi connectivity index (χ4v) is 2.56. The third kappa shape index (κ3) is 2.23. The van der Waals surface area contributed by atoms with Crippen LogP contribution in [0, 0.1) is 0 Å². The summed E-state index contributed by atoms with van der Waals surface area (Å²) in [5, 5.41) is 0. The first-order chi connectivity index (χ1) is 9.43. The first-order valence-electron chi connectivity index (χ1n) is 5.82. The summed E-state index contributed by atoms with van der Waals surface area (Å²) in [7, 11) is -3.25. The van der Waals surface area contributed by atoms with E-state index in [1.807, 2.05) is 0 Å². The molecule has 2 heterocycles. The van der Waals surface area contributed by atoms with Crippen molar-refractivity contribution < 1.29 is 8.42 Å². The Morgan fingerprint density at radius 1 is 1.15 bits per heavy atom. The van der Waals surface area contributed by atoms with Gasteiger partial charge in [0.05, 0.1) is 15.9 Å². The van der Waals surface area contributed by atoms with Gasteiger partial charge in [-0.3, -0.25) is 4.79 Å². The van der Waals surface area contributed by atoms with Gasteiger partial charge in [-0.15, -0.1) is 0 Å². The predicted molar refractivity (Wildman–Crippen MR) is 75.3 cm³/mol. The lowest BCUT2D eigenvalue weighted by Gasteiger charge is -1.96. The molecule has 0 aliphatic rings. The number of rotatable bonds is 2. The van der Waals surface area contributed by atoms with Gasteiger partial charge in [0.1, 0.15) is 5.82 Å². The fourth-order valence-electron chi connectivity index (χ4n) is 1.91. The van der Waals surface area contributed by atoms with Gasteiger partial charge in [-0.2, -0.15) is 0 Å². The van der Waals surface area contributed by atoms with Crippen molar-refractivity contribution in [3.05, 3.63) is 46.9 Å². The number of pyridine rings is 1. The topological polar surface area (TPSA) is 95.7 Å². The van der Waals surface area contributed by atoms with E-state index in [0.717, 1.165) is 11.8 Å². The van der Waals surface area contributed by atoms with Gasteiger partial charge >= 0.3 is 0 Å². The van der Waals surface area contributed by atoms with Crippen molar-refractivity contribution in [1.29, 1.82) is 0 Å². The summed E-state index contributed by atoms with van der Waals surface area (Å²) in [5.41, 5.74) is 1.83. The normalized spacial score (nSPS) is 11.8. The molecule has 0 radical (unpaired) electrons. The summed E-state index contributed by atoms with van der Waals surface area (Å²) in [6, 6.07) is 7.78. The molecule has 7 heteroatoms. The second-order valence-corrected chi connectivity index (χ2v) is 6.49. The highest BCUT2D eigenvalue weighted by atomic mass is 32.2. The van der Waals surface area contributed by atoms with E-state index in [-0.39, 0.29) is 10.5 Å². The van der Waals surface area contributed by atoms with Gasteiger partial charge < -0.3 is 9.97 Å². The molecule has 1 aromatic carbocycles. The van der Waals surface area contributed by atoms with E-state index < -0.39 is 9.84 Å². The van der Waals surface area contributed by atoms with Crippen LogP contribution in [0.5, 0.6) is 0 Å². The Bertz CT molecular complexity index is 934. The molecule has 102 valence electrons. The fraction of sp³-hybridized carbons (Fsp3) is 0.0769. The van der Waals surface area contributed by atoms with Crippen molar-refractivity contribution in [3.63, 3.8) is 0 Å². The van der Waals surface area contributed by atoms with Gasteiger partial charge in [0, 0.05) is 24.1 Å². The Hall–Kier alpha value is -2.41. The monoisotopic (exact) mass is 289 g/mol. The van der Waals surface area contributed by atoms with Crippen LogP contribution in [-0.4, -0.2) is 29.6 Å². The van der Waals surface area contributed by atoms with Gasteiger partial charge in [-0.1, -0.05) is 0 Å². The minimum Gasteiger partial charge on any atom is -0.338 e. The third-order valence-electron chi connectivity index (χ3n) is 2.94. The number of H-pyrrole nitrogens is 2. The number of fused-ring (bicyclic) bond motifs is 1. The van der Waals surface area contributed by atoms with Crippen LogP contribution < -0.4 is 5.56 Å². The number of hydrogen-bond donors (Lipinski definition) is 2. The van der Waals surface area contributed by atoms with Gasteiger partial charge in [0.25, 0.3) is 0 Å². The molecule has 6 nitrogen and oxygen atoms in total. The van der Waals surface area contributed by atoms with E-state index in [1.54, 1.807) is 24.4 Å². The van der Waals surface area contributed by atoms with E-state index in [9.17, 15) is 13.2 Å². The summed E-state index contributed by atoms with van der Waals surface area (Å²) in [5.74, 6) is 0.571. The minimum atomic E-state index is -3.25. The number of hydrogen-bond acceptors (Lipinski definition) is 4. The number of nitrogens with one attached hydrogen (secondary N) is 2. The Kier molecular flexibility index (Phi) is 2.72. The van der Waals surface area contributed by atoms with Crippen molar-refractivity contribution in [3.8, 4) is 11.4 Å². The molecule has 0 atom stereocenters. The van der Waals surface area contributed by atoms with Crippen molar-refractivity contribution in [2.24, 2.45) is 0 Å². The van der Waals surface area contributed by atoms with Crippen LogP contribution in [0.3, 0.4) is 0 Å². The Morgan fingerprint density at radius 3 is 2.60 bits per heavy atom. The molecule has 0 bridgehead atoms. The molecule has 0 saturated carbocycles. The zero-order valence-corrected chi connectivity index (χ0v) is 11.4. The van der Waals surface area contributed by atoms with Crippen molar-refractivity contribution in [2.45, 2.75) is 4.90 Å². The van der Waals surface area contributed by atoms with Crippen LogP contribution in [0.2, 0.25) is 0 Å². The number of imidazole rings is 1. The summed E-state index contributed by atoms with van der Waals surface area (Å²) >= 11 is 0. The molecule has 0 aliphatic carbocycles. The maximum absolute atomic E-state index is 11.5. The van der Waals surface area contributed by atoms with Crippen molar-refractivity contribution >= 4 is 20.9 Å². The molecule has 0 fully saturated rings. The minimum absolute atomic E-state index is 0.191. The van der Waals surface area contributed by atoms with Gasteiger partial charge in [0.2, 0.25) is 5.56 Å². The number of nitrogens with zero attached hydrogens (tertiary/aromatic N) is 1. The lowest BCUT2D eigenvalue weighted by molar-refractivity contribution is 0.602. The number of sulfone groups is 1. The second-order valence-electron chi connectivity index (χ2n) is 4.48. The summed E-state index contributed by atoms with van der Waals surface area (Å²) in [6.45, 7) is 0. The number of aromatic amines is 2. The molecule has 0 aliphatic heterocycles. The van der Waals surface area contributed by atoms with Crippen molar-refractivity contribution in [2.75, 3.05) is 6.26 Å². The van der Waals surface area contributed by atoms with Crippen LogP contribution in [-0.2, 0) is 9.84 Å².